The smallest absolute Gasteiger partial charge is 0.172 e. The Morgan fingerprint density at radius 3 is 2.67 bits per heavy atom. The maximum atomic E-state index is 9.35. The van der Waals surface area contributed by atoms with Gasteiger partial charge in [-0.15, -0.1) is 23.5 Å². The molecule has 0 amide bonds. The molecule has 0 fully saturated rings. The molecule has 1 unspecified atom stereocenters. The number of thioether (sulfide) groups is 2. The number of nitrogens with two attached hydrogens (primary N) is 1. The maximum Gasteiger partial charge on any atom is 0.172 e. The third-order valence-corrected chi connectivity index (χ3v) is 4.20. The Hall–Kier alpha value is -0.890. The van der Waals surface area contributed by atoms with Gasteiger partial charge in [-0.1, -0.05) is 11.2 Å². The first kappa shape index (κ1) is 15.2. The molecule has 0 saturated carbocycles. The van der Waals surface area contributed by atoms with Gasteiger partial charge in [0.1, 0.15) is 0 Å². The van der Waals surface area contributed by atoms with Gasteiger partial charge in [0.05, 0.1) is 12.7 Å². The second-order valence-electron chi connectivity index (χ2n) is 3.47. The minimum Gasteiger partial charge on any atom is -0.409 e. The van der Waals surface area contributed by atoms with Gasteiger partial charge in [0.2, 0.25) is 0 Å². The Bertz CT molecular complexity index is 427. The number of aliphatic hydroxyl groups excluding tert-OH is 2. The van der Waals surface area contributed by atoms with Gasteiger partial charge >= 0.3 is 0 Å². The molecule has 0 bridgehead atoms. The maximum absolute atomic E-state index is 9.35. The molecule has 0 saturated heterocycles. The minimum atomic E-state index is -0.784. The zero-order chi connectivity index (χ0) is 13.5. The van der Waals surface area contributed by atoms with Crippen molar-refractivity contribution in [3.05, 3.63) is 23.8 Å². The molecule has 5 N–H and O–H groups in total. The summed E-state index contributed by atoms with van der Waals surface area (Å²) in [5.74, 6) is 0.390. The van der Waals surface area contributed by atoms with Gasteiger partial charge in [0, 0.05) is 21.1 Å². The van der Waals surface area contributed by atoms with Crippen molar-refractivity contribution in [2.75, 3.05) is 18.6 Å². The highest BCUT2D eigenvalue weighted by molar-refractivity contribution is 8.00. The van der Waals surface area contributed by atoms with E-state index >= 15 is 0 Å². The number of hydrogen-bond acceptors (Lipinski definition) is 6. The molecule has 0 radical (unpaired) electrons. The van der Waals surface area contributed by atoms with Crippen LogP contribution in [0.5, 0.6) is 0 Å². The van der Waals surface area contributed by atoms with E-state index in [-0.39, 0.29) is 12.4 Å². The van der Waals surface area contributed by atoms with Crippen molar-refractivity contribution in [1.29, 1.82) is 0 Å². The predicted octanol–water partition coefficient (Wildman–Crippen LogP) is 0.948. The molecule has 0 aliphatic carbocycles. The van der Waals surface area contributed by atoms with Crippen LogP contribution in [-0.2, 0) is 0 Å². The van der Waals surface area contributed by atoms with Gasteiger partial charge < -0.3 is 21.2 Å². The highest BCUT2D eigenvalue weighted by Gasteiger charge is 2.14. The third-order valence-electron chi connectivity index (χ3n) is 2.21. The van der Waals surface area contributed by atoms with Crippen molar-refractivity contribution in [3.8, 4) is 0 Å². The summed E-state index contributed by atoms with van der Waals surface area (Å²) in [6.07, 6.45) is 1.12. The van der Waals surface area contributed by atoms with E-state index in [0.29, 0.717) is 11.3 Å². The average molecular weight is 288 g/mol. The number of nitrogens with zero attached hydrogens (tertiary/aromatic N) is 1. The van der Waals surface area contributed by atoms with Crippen molar-refractivity contribution >= 4 is 29.4 Å². The fraction of sp³-hybridized carbons (Fsp3) is 0.364. The Morgan fingerprint density at radius 2 is 2.11 bits per heavy atom. The van der Waals surface area contributed by atoms with E-state index in [9.17, 15) is 5.11 Å². The number of rotatable bonds is 6. The lowest BCUT2D eigenvalue weighted by Gasteiger charge is -2.13. The zero-order valence-corrected chi connectivity index (χ0v) is 11.5. The summed E-state index contributed by atoms with van der Waals surface area (Å²) in [5.41, 5.74) is 6.33. The molecule has 1 aromatic carbocycles. The molecule has 100 valence electrons. The van der Waals surface area contributed by atoms with Gasteiger partial charge in [-0.3, -0.25) is 0 Å². The van der Waals surface area contributed by atoms with Gasteiger partial charge in [0.15, 0.2) is 5.84 Å². The van der Waals surface area contributed by atoms with E-state index in [0.717, 1.165) is 9.79 Å². The van der Waals surface area contributed by atoms with Crippen LogP contribution >= 0.6 is 23.5 Å². The number of aliphatic hydroxyl groups is 2. The summed E-state index contributed by atoms with van der Waals surface area (Å²) >= 11 is 2.85. The number of oxime groups is 1. The highest BCUT2D eigenvalue weighted by atomic mass is 32.2. The van der Waals surface area contributed by atoms with Crippen LogP contribution < -0.4 is 5.73 Å². The fourth-order valence-electron chi connectivity index (χ4n) is 1.34. The van der Waals surface area contributed by atoms with Crippen LogP contribution in [0.25, 0.3) is 0 Å². The molecule has 1 aromatic rings. The minimum absolute atomic E-state index is 0.0425. The van der Waals surface area contributed by atoms with Crippen LogP contribution in [0.4, 0.5) is 0 Å². The summed E-state index contributed by atoms with van der Waals surface area (Å²) in [7, 11) is 0. The normalized spacial score (nSPS) is 13.6. The molecule has 0 aliphatic rings. The van der Waals surface area contributed by atoms with Crippen molar-refractivity contribution in [3.63, 3.8) is 0 Å². The SMILES string of the molecule is CSc1cccc(SCC(O)CO)c1/C(N)=N/O. The second-order valence-corrected chi connectivity index (χ2v) is 5.38. The van der Waals surface area contributed by atoms with Crippen LogP contribution in [0.1, 0.15) is 5.56 Å². The molecule has 1 atom stereocenters. The lowest BCUT2D eigenvalue weighted by atomic mass is 10.2. The lowest BCUT2D eigenvalue weighted by molar-refractivity contribution is 0.113. The van der Waals surface area contributed by atoms with E-state index in [1.165, 1.54) is 23.5 Å². The van der Waals surface area contributed by atoms with Crippen LogP contribution in [-0.4, -0.2) is 46.0 Å². The van der Waals surface area contributed by atoms with Crippen molar-refractivity contribution < 1.29 is 15.4 Å². The predicted molar refractivity (Wildman–Crippen MR) is 74.6 cm³/mol. The van der Waals surface area contributed by atoms with Gasteiger partial charge in [-0.05, 0) is 18.4 Å². The van der Waals surface area contributed by atoms with Crippen LogP contribution in [0, 0.1) is 0 Å². The molecule has 0 spiro atoms. The first-order chi connectivity index (χ1) is 8.63. The Kier molecular flexibility index (Phi) is 6.34. The highest BCUT2D eigenvalue weighted by Crippen LogP contribution is 2.30. The van der Waals surface area contributed by atoms with Crippen molar-refractivity contribution in [1.82, 2.24) is 0 Å². The molecule has 0 aliphatic heterocycles. The number of amidine groups is 1. The molecular weight excluding hydrogens is 272 g/mol. The van der Waals surface area contributed by atoms with Gasteiger partial charge in [-0.25, -0.2) is 0 Å². The Labute approximate surface area is 114 Å². The van der Waals surface area contributed by atoms with Crippen molar-refractivity contribution in [2.45, 2.75) is 15.9 Å². The summed E-state index contributed by atoms with van der Waals surface area (Å²) in [6.45, 7) is -0.284. The van der Waals surface area contributed by atoms with Crippen LogP contribution in [0.15, 0.2) is 33.1 Å². The first-order valence-corrected chi connectivity index (χ1v) is 7.41. The van der Waals surface area contributed by atoms with E-state index < -0.39 is 6.10 Å². The Balaban J connectivity index is 3.03. The first-order valence-electron chi connectivity index (χ1n) is 5.20. The van der Waals surface area contributed by atoms with E-state index in [1.54, 1.807) is 0 Å². The number of benzene rings is 1. The molecular formula is C11H16N2O3S2. The monoisotopic (exact) mass is 288 g/mol. The molecule has 0 heterocycles. The van der Waals surface area contributed by atoms with Crippen LogP contribution in [0.2, 0.25) is 0 Å². The topological polar surface area (TPSA) is 99.1 Å². The van der Waals surface area contributed by atoms with Gasteiger partial charge in [0.25, 0.3) is 0 Å². The zero-order valence-electron chi connectivity index (χ0n) is 9.91. The van der Waals surface area contributed by atoms with E-state index in [2.05, 4.69) is 5.16 Å². The Morgan fingerprint density at radius 1 is 1.44 bits per heavy atom. The van der Waals surface area contributed by atoms with Crippen LogP contribution in [0.3, 0.4) is 0 Å². The molecule has 7 heteroatoms. The average Bonchev–Trinajstić information content (AvgIpc) is 2.43. The molecule has 1 rings (SSSR count). The molecule has 18 heavy (non-hydrogen) atoms. The molecule has 0 aromatic heterocycles. The third kappa shape index (κ3) is 3.81. The van der Waals surface area contributed by atoms with E-state index in [1.807, 2.05) is 24.5 Å². The fourth-order valence-corrected chi connectivity index (χ4v) is 3.05. The van der Waals surface area contributed by atoms with Gasteiger partial charge in [-0.2, -0.15) is 0 Å². The second kappa shape index (κ2) is 7.52. The molecule has 5 nitrogen and oxygen atoms in total. The summed E-state index contributed by atoms with van der Waals surface area (Å²) in [6, 6.07) is 5.58. The largest absolute Gasteiger partial charge is 0.409 e. The quantitative estimate of drug-likeness (QED) is 0.204. The number of hydrogen-bond donors (Lipinski definition) is 4. The summed E-state index contributed by atoms with van der Waals surface area (Å²) < 4.78 is 0. The summed E-state index contributed by atoms with van der Waals surface area (Å²) in [4.78, 5) is 1.71. The lowest BCUT2D eigenvalue weighted by Crippen LogP contribution is -2.17. The van der Waals surface area contributed by atoms with E-state index in [4.69, 9.17) is 16.0 Å². The summed E-state index contributed by atoms with van der Waals surface area (Å²) in [5, 5.41) is 30.0. The van der Waals surface area contributed by atoms with Crippen molar-refractivity contribution in [2.24, 2.45) is 10.9 Å². The standard InChI is InChI=1S/C11H16N2O3S2/c1-17-8-3-2-4-9(10(8)11(12)13-16)18-6-7(15)5-14/h2-4,7,14-16H,5-6H2,1H3,(H2,12,13).